The average molecular weight is 572 g/mol. The van der Waals surface area contributed by atoms with Gasteiger partial charge in [-0.3, -0.25) is 0 Å². The number of benzene rings is 6. The Bertz CT molecular complexity index is 1730. The molecule has 0 radical (unpaired) electrons. The van der Waals surface area contributed by atoms with E-state index >= 15 is 0 Å². The lowest BCUT2D eigenvalue weighted by molar-refractivity contribution is 0.148. The molecule has 6 aromatic rings. The van der Waals surface area contributed by atoms with E-state index in [9.17, 15) is 0 Å². The SMILES string of the molecule is COCCOc1c2ccccc2c(-c2c3ccccc3c(OCCOC)c3ccc(Cl)cc23)c2cc(Cl)ccc12. The number of fused-ring (bicyclic) bond motifs is 4. The highest BCUT2D eigenvalue weighted by molar-refractivity contribution is 6.34. The minimum absolute atomic E-state index is 0.437. The largest absolute Gasteiger partial charge is 0.490 e. The topological polar surface area (TPSA) is 36.9 Å². The van der Waals surface area contributed by atoms with Crippen molar-refractivity contribution in [1.82, 2.24) is 0 Å². The first-order valence-electron chi connectivity index (χ1n) is 13.1. The summed E-state index contributed by atoms with van der Waals surface area (Å²) in [5, 5.41) is 9.41. The van der Waals surface area contributed by atoms with Crippen molar-refractivity contribution in [2.75, 3.05) is 40.6 Å². The molecule has 0 aliphatic heterocycles. The molecular weight excluding hydrogens is 543 g/mol. The van der Waals surface area contributed by atoms with Crippen LogP contribution in [0.4, 0.5) is 0 Å². The van der Waals surface area contributed by atoms with E-state index in [-0.39, 0.29) is 0 Å². The maximum Gasteiger partial charge on any atom is 0.135 e. The van der Waals surface area contributed by atoms with Crippen molar-refractivity contribution in [2.45, 2.75) is 0 Å². The summed E-state index contributed by atoms with van der Waals surface area (Å²) < 4.78 is 23.3. The van der Waals surface area contributed by atoms with Crippen LogP contribution in [-0.4, -0.2) is 40.6 Å². The van der Waals surface area contributed by atoms with Crippen LogP contribution in [0.2, 0.25) is 10.0 Å². The zero-order valence-corrected chi connectivity index (χ0v) is 23.8. The quantitative estimate of drug-likeness (QED) is 0.128. The van der Waals surface area contributed by atoms with Gasteiger partial charge in [0.05, 0.1) is 13.2 Å². The summed E-state index contributed by atoms with van der Waals surface area (Å²) >= 11 is 13.3. The Morgan fingerprint density at radius 2 is 0.825 bits per heavy atom. The van der Waals surface area contributed by atoms with Crippen LogP contribution >= 0.6 is 23.2 Å². The maximum atomic E-state index is 6.65. The fraction of sp³-hybridized carbons (Fsp3) is 0.176. The molecule has 0 aliphatic carbocycles. The lowest BCUT2D eigenvalue weighted by Crippen LogP contribution is -2.06. The van der Waals surface area contributed by atoms with Gasteiger partial charge in [-0.05, 0) is 69.1 Å². The molecule has 40 heavy (non-hydrogen) atoms. The van der Waals surface area contributed by atoms with Crippen LogP contribution in [0.15, 0.2) is 84.9 Å². The van der Waals surface area contributed by atoms with Crippen LogP contribution in [0, 0.1) is 0 Å². The second kappa shape index (κ2) is 11.5. The fourth-order valence-corrected chi connectivity index (χ4v) is 5.87. The van der Waals surface area contributed by atoms with Crippen LogP contribution < -0.4 is 9.47 Å². The van der Waals surface area contributed by atoms with E-state index in [2.05, 4.69) is 36.4 Å². The molecular formula is C34H28Cl2O4. The first-order chi connectivity index (χ1) is 19.6. The van der Waals surface area contributed by atoms with Crippen molar-refractivity contribution in [2.24, 2.45) is 0 Å². The molecule has 6 aromatic carbocycles. The van der Waals surface area contributed by atoms with Gasteiger partial charge in [0, 0.05) is 45.8 Å². The summed E-state index contributed by atoms with van der Waals surface area (Å²) in [4.78, 5) is 0. The summed E-state index contributed by atoms with van der Waals surface area (Å²) in [6.07, 6.45) is 0. The Morgan fingerprint density at radius 3 is 1.23 bits per heavy atom. The van der Waals surface area contributed by atoms with E-state index in [4.69, 9.17) is 42.1 Å². The van der Waals surface area contributed by atoms with Gasteiger partial charge in [-0.1, -0.05) is 71.7 Å². The minimum Gasteiger partial charge on any atom is -0.490 e. The average Bonchev–Trinajstić information content (AvgIpc) is 2.97. The van der Waals surface area contributed by atoms with Crippen molar-refractivity contribution < 1.29 is 18.9 Å². The van der Waals surface area contributed by atoms with E-state index in [1.54, 1.807) is 14.2 Å². The lowest BCUT2D eigenvalue weighted by Gasteiger charge is -2.22. The molecule has 0 heterocycles. The van der Waals surface area contributed by atoms with Gasteiger partial charge in [0.2, 0.25) is 0 Å². The smallest absolute Gasteiger partial charge is 0.135 e. The van der Waals surface area contributed by atoms with E-state index in [1.165, 1.54) is 0 Å². The molecule has 0 aromatic heterocycles. The van der Waals surface area contributed by atoms with Gasteiger partial charge < -0.3 is 18.9 Å². The molecule has 0 bridgehead atoms. The molecule has 0 saturated heterocycles. The fourth-order valence-electron chi connectivity index (χ4n) is 5.53. The molecule has 0 spiro atoms. The highest BCUT2D eigenvalue weighted by Crippen LogP contribution is 2.50. The van der Waals surface area contributed by atoms with Gasteiger partial charge in [0.25, 0.3) is 0 Å². The molecule has 6 heteroatoms. The molecule has 6 rings (SSSR count). The summed E-state index contributed by atoms with van der Waals surface area (Å²) in [5.41, 5.74) is 2.14. The zero-order valence-electron chi connectivity index (χ0n) is 22.3. The highest BCUT2D eigenvalue weighted by atomic mass is 35.5. The van der Waals surface area contributed by atoms with E-state index in [0.29, 0.717) is 36.5 Å². The van der Waals surface area contributed by atoms with Gasteiger partial charge in [-0.25, -0.2) is 0 Å². The van der Waals surface area contributed by atoms with E-state index in [1.807, 2.05) is 48.5 Å². The number of ether oxygens (including phenoxy) is 4. The van der Waals surface area contributed by atoms with E-state index in [0.717, 1.165) is 65.7 Å². The third-order valence-electron chi connectivity index (χ3n) is 7.19. The van der Waals surface area contributed by atoms with E-state index < -0.39 is 0 Å². The Balaban J connectivity index is 1.79. The molecule has 0 aliphatic rings. The lowest BCUT2D eigenvalue weighted by atomic mass is 9.85. The van der Waals surface area contributed by atoms with Gasteiger partial charge in [0.1, 0.15) is 24.7 Å². The van der Waals surface area contributed by atoms with Crippen LogP contribution in [0.1, 0.15) is 0 Å². The minimum atomic E-state index is 0.437. The number of halogens is 2. The Kier molecular flexibility index (Phi) is 7.68. The molecule has 4 nitrogen and oxygen atoms in total. The molecule has 202 valence electrons. The van der Waals surface area contributed by atoms with Crippen molar-refractivity contribution in [3.05, 3.63) is 95.0 Å². The highest BCUT2D eigenvalue weighted by Gasteiger charge is 2.22. The molecule has 0 unspecified atom stereocenters. The van der Waals surface area contributed by atoms with Gasteiger partial charge in [-0.15, -0.1) is 0 Å². The summed E-state index contributed by atoms with van der Waals surface area (Å²) in [5.74, 6) is 1.63. The van der Waals surface area contributed by atoms with Crippen LogP contribution in [-0.2, 0) is 9.47 Å². The number of rotatable bonds is 9. The monoisotopic (exact) mass is 570 g/mol. The first kappa shape index (κ1) is 26.7. The predicted molar refractivity (Wildman–Crippen MR) is 167 cm³/mol. The molecule has 0 amide bonds. The van der Waals surface area contributed by atoms with Crippen molar-refractivity contribution >= 4 is 66.3 Å². The Hall–Kier alpha value is -3.54. The van der Waals surface area contributed by atoms with Crippen LogP contribution in [0.3, 0.4) is 0 Å². The number of methoxy groups -OCH3 is 2. The number of hydrogen-bond donors (Lipinski definition) is 0. The molecule has 0 atom stereocenters. The van der Waals surface area contributed by atoms with Crippen molar-refractivity contribution in [3.63, 3.8) is 0 Å². The summed E-state index contributed by atoms with van der Waals surface area (Å²) in [7, 11) is 3.35. The third kappa shape index (κ3) is 4.71. The second-order valence-corrected chi connectivity index (χ2v) is 10.4. The Morgan fingerprint density at radius 1 is 0.450 bits per heavy atom. The van der Waals surface area contributed by atoms with Gasteiger partial charge in [-0.2, -0.15) is 0 Å². The van der Waals surface area contributed by atoms with Gasteiger partial charge in [0.15, 0.2) is 0 Å². The van der Waals surface area contributed by atoms with Crippen molar-refractivity contribution in [1.29, 1.82) is 0 Å². The maximum absolute atomic E-state index is 6.65. The third-order valence-corrected chi connectivity index (χ3v) is 7.66. The summed E-state index contributed by atoms with van der Waals surface area (Å²) in [6.45, 7) is 1.85. The first-order valence-corrected chi connectivity index (χ1v) is 13.9. The standard InChI is InChI=1S/C34H28Cl2O4/c1-37-15-17-39-33-25-9-5-3-7-23(25)31(29-19-21(35)11-13-27(29)33)32-24-8-4-6-10-26(24)34(40-18-16-38-2)28-14-12-22(36)20-30(28)32/h3-14,19-20H,15-18H2,1-2H3. The van der Waals surface area contributed by atoms with Crippen molar-refractivity contribution in [3.8, 4) is 22.6 Å². The molecule has 0 saturated carbocycles. The number of hydrogen-bond acceptors (Lipinski definition) is 4. The molecule has 0 N–H and O–H groups in total. The van der Waals surface area contributed by atoms with Crippen LogP contribution in [0.25, 0.3) is 54.2 Å². The Labute approximate surface area is 242 Å². The summed E-state index contributed by atoms with van der Waals surface area (Å²) in [6, 6.07) is 28.6. The zero-order chi connectivity index (χ0) is 27.6. The normalized spacial score (nSPS) is 11.6. The van der Waals surface area contributed by atoms with Crippen LogP contribution in [0.5, 0.6) is 11.5 Å². The van der Waals surface area contributed by atoms with Gasteiger partial charge >= 0.3 is 0 Å². The molecule has 0 fully saturated rings. The predicted octanol–water partition coefficient (Wildman–Crippen LogP) is 9.32. The second-order valence-electron chi connectivity index (χ2n) is 9.56.